The summed E-state index contributed by atoms with van der Waals surface area (Å²) in [6, 6.07) is 8.40. The topological polar surface area (TPSA) is 51.8 Å². The molecule has 21 heavy (non-hydrogen) atoms. The second-order valence-electron chi connectivity index (χ2n) is 4.41. The van der Waals surface area contributed by atoms with E-state index in [-0.39, 0.29) is 11.6 Å². The number of benzene rings is 1. The molecule has 4 nitrogen and oxygen atoms in total. The van der Waals surface area contributed by atoms with Crippen LogP contribution in [-0.4, -0.2) is 11.9 Å². The van der Waals surface area contributed by atoms with Crippen LogP contribution in [0.2, 0.25) is 10.0 Å². The number of rotatable bonds is 2. The highest BCUT2D eigenvalue weighted by atomic mass is 35.5. The van der Waals surface area contributed by atoms with Crippen LogP contribution in [0.3, 0.4) is 0 Å². The summed E-state index contributed by atoms with van der Waals surface area (Å²) in [5.41, 5.74) is 0.618. The Kier molecular flexibility index (Phi) is 3.57. The number of carbonyl (C=O) groups is 1. The van der Waals surface area contributed by atoms with Crippen LogP contribution in [-0.2, 0) is 9.53 Å². The second kappa shape index (κ2) is 5.39. The fourth-order valence-corrected chi connectivity index (χ4v) is 2.22. The van der Waals surface area contributed by atoms with Gasteiger partial charge in [-0.1, -0.05) is 23.2 Å². The number of aryl methyl sites for hydroxylation is 1. The summed E-state index contributed by atoms with van der Waals surface area (Å²) < 4.78 is 10.5. The highest BCUT2D eigenvalue weighted by Crippen LogP contribution is 2.26. The van der Waals surface area contributed by atoms with Crippen molar-refractivity contribution in [2.24, 2.45) is 4.99 Å². The SMILES string of the molecule is Cc1ccc(/C=C2\N=C(c3cc(Cl)ccc3Cl)OC2=O)o1. The van der Waals surface area contributed by atoms with E-state index in [0.717, 1.165) is 5.76 Å². The number of cyclic esters (lactones) is 1. The lowest BCUT2D eigenvalue weighted by Crippen LogP contribution is -2.06. The summed E-state index contributed by atoms with van der Waals surface area (Å²) in [7, 11) is 0. The minimum Gasteiger partial charge on any atom is -0.462 e. The van der Waals surface area contributed by atoms with Crippen LogP contribution in [0, 0.1) is 6.92 Å². The average Bonchev–Trinajstić information content (AvgIpc) is 3.00. The van der Waals surface area contributed by atoms with E-state index in [1.807, 2.05) is 6.92 Å². The molecule has 0 aliphatic carbocycles. The third kappa shape index (κ3) is 2.86. The lowest BCUT2D eigenvalue weighted by Gasteiger charge is -2.02. The third-order valence-corrected chi connectivity index (χ3v) is 3.38. The van der Waals surface area contributed by atoms with Gasteiger partial charge in [0, 0.05) is 11.1 Å². The molecule has 2 heterocycles. The van der Waals surface area contributed by atoms with Gasteiger partial charge in [-0.3, -0.25) is 0 Å². The summed E-state index contributed by atoms with van der Waals surface area (Å²) >= 11 is 12.0. The van der Waals surface area contributed by atoms with Crippen molar-refractivity contribution in [1.82, 2.24) is 0 Å². The van der Waals surface area contributed by atoms with E-state index in [1.54, 1.807) is 30.3 Å². The van der Waals surface area contributed by atoms with Crippen molar-refractivity contribution in [3.05, 3.63) is 63.2 Å². The summed E-state index contributed by atoms with van der Waals surface area (Å²) in [6.45, 7) is 1.81. The first kappa shape index (κ1) is 13.9. The van der Waals surface area contributed by atoms with Crippen molar-refractivity contribution in [3.63, 3.8) is 0 Å². The molecule has 106 valence electrons. The van der Waals surface area contributed by atoms with Gasteiger partial charge in [0.25, 0.3) is 0 Å². The molecule has 1 aromatic carbocycles. The number of halogens is 2. The van der Waals surface area contributed by atoms with E-state index in [9.17, 15) is 4.79 Å². The van der Waals surface area contributed by atoms with Gasteiger partial charge < -0.3 is 9.15 Å². The Labute approximate surface area is 130 Å². The Morgan fingerprint density at radius 3 is 2.71 bits per heavy atom. The Balaban J connectivity index is 1.99. The monoisotopic (exact) mass is 321 g/mol. The largest absolute Gasteiger partial charge is 0.462 e. The molecule has 0 saturated heterocycles. The summed E-state index contributed by atoms with van der Waals surface area (Å²) in [4.78, 5) is 16.0. The molecular weight excluding hydrogens is 313 g/mol. The van der Waals surface area contributed by atoms with Crippen LogP contribution in [0.15, 0.2) is 45.4 Å². The second-order valence-corrected chi connectivity index (χ2v) is 5.25. The fraction of sp³-hybridized carbons (Fsp3) is 0.0667. The van der Waals surface area contributed by atoms with Crippen LogP contribution >= 0.6 is 23.2 Å². The predicted octanol–water partition coefficient (Wildman–Crippen LogP) is 4.24. The average molecular weight is 322 g/mol. The highest BCUT2D eigenvalue weighted by Gasteiger charge is 2.26. The molecule has 0 amide bonds. The number of esters is 1. The number of hydrogen-bond donors (Lipinski definition) is 0. The van der Waals surface area contributed by atoms with Crippen LogP contribution < -0.4 is 0 Å². The molecule has 0 saturated carbocycles. The molecule has 0 fully saturated rings. The van der Waals surface area contributed by atoms with Crippen LogP contribution in [0.25, 0.3) is 6.08 Å². The quantitative estimate of drug-likeness (QED) is 0.614. The summed E-state index contributed by atoms with van der Waals surface area (Å²) in [5.74, 6) is 0.842. The standard InChI is InChI=1S/C15H9Cl2NO3/c1-8-2-4-10(20-8)7-13-15(19)21-14(18-13)11-6-9(16)3-5-12(11)17/h2-7H,1H3/b13-7-. The first-order valence-electron chi connectivity index (χ1n) is 6.07. The van der Waals surface area contributed by atoms with E-state index in [1.165, 1.54) is 6.08 Å². The van der Waals surface area contributed by atoms with Gasteiger partial charge in [0.1, 0.15) is 11.5 Å². The molecule has 1 aliphatic heterocycles. The molecule has 0 unspecified atom stereocenters. The Hall–Kier alpha value is -2.04. The molecule has 6 heteroatoms. The molecule has 0 spiro atoms. The van der Waals surface area contributed by atoms with Gasteiger partial charge in [-0.2, -0.15) is 0 Å². The molecule has 0 N–H and O–H groups in total. The maximum atomic E-state index is 11.8. The van der Waals surface area contributed by atoms with E-state index < -0.39 is 5.97 Å². The Morgan fingerprint density at radius 1 is 1.19 bits per heavy atom. The van der Waals surface area contributed by atoms with Crippen molar-refractivity contribution in [1.29, 1.82) is 0 Å². The Morgan fingerprint density at radius 2 is 2.00 bits per heavy atom. The first-order chi connectivity index (χ1) is 10.0. The molecule has 1 aliphatic rings. The summed E-state index contributed by atoms with van der Waals surface area (Å²) in [5, 5.41) is 0.883. The smallest absolute Gasteiger partial charge is 0.363 e. The van der Waals surface area contributed by atoms with Gasteiger partial charge in [0.15, 0.2) is 5.70 Å². The zero-order chi connectivity index (χ0) is 15.0. The van der Waals surface area contributed by atoms with Gasteiger partial charge in [0.05, 0.1) is 10.6 Å². The van der Waals surface area contributed by atoms with Gasteiger partial charge in [-0.05, 0) is 37.3 Å². The van der Waals surface area contributed by atoms with E-state index in [4.69, 9.17) is 32.4 Å². The van der Waals surface area contributed by atoms with Crippen molar-refractivity contribution < 1.29 is 13.9 Å². The number of aliphatic imine (C=N–C) groups is 1. The van der Waals surface area contributed by atoms with Crippen LogP contribution in [0.1, 0.15) is 17.1 Å². The van der Waals surface area contributed by atoms with Gasteiger partial charge in [0.2, 0.25) is 5.90 Å². The van der Waals surface area contributed by atoms with Gasteiger partial charge in [-0.15, -0.1) is 0 Å². The molecule has 0 atom stereocenters. The maximum absolute atomic E-state index is 11.8. The van der Waals surface area contributed by atoms with Crippen LogP contribution in [0.4, 0.5) is 0 Å². The molecule has 0 radical (unpaired) electrons. The van der Waals surface area contributed by atoms with E-state index >= 15 is 0 Å². The first-order valence-corrected chi connectivity index (χ1v) is 6.83. The highest BCUT2D eigenvalue weighted by molar-refractivity contribution is 6.36. The number of ether oxygens (including phenoxy) is 1. The third-order valence-electron chi connectivity index (χ3n) is 2.82. The predicted molar refractivity (Wildman–Crippen MR) is 80.5 cm³/mol. The lowest BCUT2D eigenvalue weighted by atomic mass is 10.2. The van der Waals surface area contributed by atoms with Gasteiger partial charge >= 0.3 is 5.97 Å². The number of carbonyl (C=O) groups excluding carboxylic acids is 1. The summed E-state index contributed by atoms with van der Waals surface area (Å²) in [6.07, 6.45) is 1.51. The van der Waals surface area contributed by atoms with Crippen LogP contribution in [0.5, 0.6) is 0 Å². The minimum atomic E-state index is -0.560. The number of hydrogen-bond acceptors (Lipinski definition) is 4. The van der Waals surface area contributed by atoms with E-state index in [2.05, 4.69) is 4.99 Å². The fourth-order valence-electron chi connectivity index (χ4n) is 1.85. The van der Waals surface area contributed by atoms with Crippen molar-refractivity contribution in [2.75, 3.05) is 0 Å². The zero-order valence-corrected chi connectivity index (χ0v) is 12.4. The molecule has 2 aromatic rings. The number of furan rings is 1. The number of nitrogens with zero attached hydrogens (tertiary/aromatic N) is 1. The van der Waals surface area contributed by atoms with Gasteiger partial charge in [-0.25, -0.2) is 9.79 Å². The molecule has 1 aromatic heterocycles. The van der Waals surface area contributed by atoms with E-state index in [0.29, 0.717) is 21.4 Å². The Bertz CT molecular complexity index is 790. The van der Waals surface area contributed by atoms with Crippen molar-refractivity contribution in [2.45, 2.75) is 6.92 Å². The lowest BCUT2D eigenvalue weighted by molar-refractivity contribution is -0.129. The maximum Gasteiger partial charge on any atom is 0.363 e. The molecular formula is C15H9Cl2NO3. The van der Waals surface area contributed by atoms with Crippen molar-refractivity contribution in [3.8, 4) is 0 Å². The zero-order valence-electron chi connectivity index (χ0n) is 10.9. The normalized spacial score (nSPS) is 16.2. The van der Waals surface area contributed by atoms with Crippen molar-refractivity contribution >= 4 is 41.1 Å². The molecule has 3 rings (SSSR count). The molecule has 0 bridgehead atoms. The minimum absolute atomic E-state index is 0.127.